The summed E-state index contributed by atoms with van der Waals surface area (Å²) in [5.74, 6) is 6.18. The van der Waals surface area contributed by atoms with E-state index in [0.29, 0.717) is 0 Å². The molecule has 4 heteroatoms. The molecule has 0 radical (unpaired) electrons. The molecule has 4 nitrogen and oxygen atoms in total. The number of hydrogen-bond donors (Lipinski definition) is 2. The van der Waals surface area contributed by atoms with Crippen molar-refractivity contribution < 1.29 is 0 Å². The minimum absolute atomic E-state index is 0.784. The number of nitrogens with two attached hydrogens (primary N) is 1. The number of nitrogens with one attached hydrogen (secondary N) is 1. The molecule has 1 saturated heterocycles. The number of hydrogen-bond acceptors (Lipinski definition) is 4. The Labute approximate surface area is 87.4 Å². The van der Waals surface area contributed by atoms with Gasteiger partial charge in [0.25, 0.3) is 0 Å². The maximum atomic E-state index is 5.26. The summed E-state index contributed by atoms with van der Waals surface area (Å²) in [5.41, 5.74) is 2.68. The highest BCUT2D eigenvalue weighted by Gasteiger charge is 2.16. The van der Waals surface area contributed by atoms with Gasteiger partial charge in [-0.2, -0.15) is 0 Å². The van der Waals surface area contributed by atoms with Gasteiger partial charge in [-0.25, -0.2) is 5.43 Å². The first kappa shape index (κ1) is 11.9. The molecule has 0 aromatic heterocycles. The van der Waals surface area contributed by atoms with Gasteiger partial charge < -0.3 is 4.90 Å². The van der Waals surface area contributed by atoms with Crippen molar-refractivity contribution >= 4 is 0 Å². The molecular formula is C10H24N4. The predicted octanol–water partition coefficient (Wildman–Crippen LogP) is 0.0709. The van der Waals surface area contributed by atoms with Crippen LogP contribution in [0.5, 0.6) is 0 Å². The van der Waals surface area contributed by atoms with Crippen LogP contribution in [-0.4, -0.2) is 50.2 Å². The van der Waals surface area contributed by atoms with Crippen molar-refractivity contribution in [2.45, 2.75) is 19.3 Å². The van der Waals surface area contributed by atoms with E-state index >= 15 is 0 Å². The Kier molecular flexibility index (Phi) is 5.40. The Bertz CT molecular complexity index is 143. The lowest BCUT2D eigenvalue weighted by atomic mass is 9.94. The highest BCUT2D eigenvalue weighted by Crippen LogP contribution is 2.19. The lowest BCUT2D eigenvalue weighted by molar-refractivity contribution is 0.193. The summed E-state index contributed by atoms with van der Waals surface area (Å²) >= 11 is 0. The van der Waals surface area contributed by atoms with Gasteiger partial charge in [0.05, 0.1) is 6.67 Å². The molecule has 0 aromatic carbocycles. The molecule has 1 aliphatic rings. The van der Waals surface area contributed by atoms with Gasteiger partial charge in [-0.05, 0) is 58.9 Å². The first-order valence-corrected chi connectivity index (χ1v) is 5.53. The fourth-order valence-corrected chi connectivity index (χ4v) is 1.99. The number of nitrogens with zero attached hydrogens (tertiary/aromatic N) is 2. The summed E-state index contributed by atoms with van der Waals surface area (Å²) in [7, 11) is 4.31. The van der Waals surface area contributed by atoms with Crippen LogP contribution in [0.25, 0.3) is 0 Å². The van der Waals surface area contributed by atoms with Crippen LogP contribution in [0.1, 0.15) is 19.3 Å². The Hall–Kier alpha value is -0.160. The van der Waals surface area contributed by atoms with Crippen molar-refractivity contribution in [1.29, 1.82) is 0 Å². The standard InChI is InChI=1S/C10H24N4/c1-13-6-3-10(4-7-13)5-8-14(2)9-12-11/h10,12H,3-9,11H2,1-2H3. The second-order valence-corrected chi connectivity index (χ2v) is 4.48. The Morgan fingerprint density at radius 1 is 1.43 bits per heavy atom. The van der Waals surface area contributed by atoms with Crippen LogP contribution in [0.3, 0.4) is 0 Å². The Morgan fingerprint density at radius 3 is 2.64 bits per heavy atom. The van der Waals surface area contributed by atoms with Gasteiger partial charge >= 0.3 is 0 Å². The third-order valence-electron chi connectivity index (χ3n) is 3.12. The van der Waals surface area contributed by atoms with Crippen LogP contribution in [0.4, 0.5) is 0 Å². The quantitative estimate of drug-likeness (QED) is 0.374. The number of likely N-dealkylation sites (tertiary alicyclic amines) is 1. The van der Waals surface area contributed by atoms with E-state index in [-0.39, 0.29) is 0 Å². The van der Waals surface area contributed by atoms with Gasteiger partial charge in [-0.3, -0.25) is 10.7 Å². The highest BCUT2D eigenvalue weighted by molar-refractivity contribution is 4.70. The third-order valence-corrected chi connectivity index (χ3v) is 3.12. The van der Waals surface area contributed by atoms with Crippen LogP contribution in [0, 0.1) is 5.92 Å². The SMILES string of the molecule is CN1CCC(CCN(C)CNN)CC1. The van der Waals surface area contributed by atoms with E-state index in [0.717, 1.165) is 19.1 Å². The average molecular weight is 200 g/mol. The molecule has 1 heterocycles. The fraction of sp³-hybridized carbons (Fsp3) is 1.00. The molecule has 0 aromatic rings. The molecule has 0 bridgehead atoms. The maximum Gasteiger partial charge on any atom is 0.0609 e. The van der Waals surface area contributed by atoms with Crippen LogP contribution in [-0.2, 0) is 0 Å². The van der Waals surface area contributed by atoms with Crippen LogP contribution < -0.4 is 11.3 Å². The van der Waals surface area contributed by atoms with E-state index in [9.17, 15) is 0 Å². The van der Waals surface area contributed by atoms with Crippen molar-refractivity contribution in [2.75, 3.05) is 40.4 Å². The highest BCUT2D eigenvalue weighted by atomic mass is 15.3. The minimum Gasteiger partial charge on any atom is -0.306 e. The normalized spacial score (nSPS) is 20.6. The van der Waals surface area contributed by atoms with Crippen LogP contribution in [0.15, 0.2) is 0 Å². The molecule has 1 fully saturated rings. The van der Waals surface area contributed by atoms with Gasteiger partial charge in [0.1, 0.15) is 0 Å². The molecule has 84 valence electrons. The lowest BCUT2D eigenvalue weighted by Gasteiger charge is -2.30. The minimum atomic E-state index is 0.784. The third kappa shape index (κ3) is 4.37. The molecule has 1 aliphatic heterocycles. The smallest absolute Gasteiger partial charge is 0.0609 e. The zero-order chi connectivity index (χ0) is 10.4. The zero-order valence-corrected chi connectivity index (χ0v) is 9.50. The van der Waals surface area contributed by atoms with Crippen molar-refractivity contribution in [3.63, 3.8) is 0 Å². The second kappa shape index (κ2) is 6.35. The second-order valence-electron chi connectivity index (χ2n) is 4.48. The average Bonchev–Trinajstić information content (AvgIpc) is 2.17. The van der Waals surface area contributed by atoms with Gasteiger partial charge in [-0.15, -0.1) is 0 Å². The van der Waals surface area contributed by atoms with E-state index in [4.69, 9.17) is 5.84 Å². The summed E-state index contributed by atoms with van der Waals surface area (Å²) in [4.78, 5) is 4.65. The van der Waals surface area contributed by atoms with Crippen molar-refractivity contribution in [3.05, 3.63) is 0 Å². The van der Waals surface area contributed by atoms with Gasteiger partial charge in [0.2, 0.25) is 0 Å². The molecule has 1 rings (SSSR count). The lowest BCUT2D eigenvalue weighted by Crippen LogP contribution is -2.37. The van der Waals surface area contributed by atoms with Crippen molar-refractivity contribution in [2.24, 2.45) is 11.8 Å². The van der Waals surface area contributed by atoms with Crippen molar-refractivity contribution in [1.82, 2.24) is 15.2 Å². The summed E-state index contributed by atoms with van der Waals surface area (Å²) in [6.07, 6.45) is 4.03. The summed E-state index contributed by atoms with van der Waals surface area (Å²) in [6.45, 7) is 4.47. The van der Waals surface area contributed by atoms with Crippen LogP contribution >= 0.6 is 0 Å². The summed E-state index contributed by atoms with van der Waals surface area (Å²) in [6, 6.07) is 0. The predicted molar refractivity (Wildman–Crippen MR) is 59.7 cm³/mol. The largest absolute Gasteiger partial charge is 0.306 e. The summed E-state index contributed by atoms with van der Waals surface area (Å²) in [5, 5.41) is 0. The Balaban J connectivity index is 2.06. The van der Waals surface area contributed by atoms with E-state index in [2.05, 4.69) is 29.3 Å². The van der Waals surface area contributed by atoms with E-state index in [1.54, 1.807) is 0 Å². The molecule has 0 aliphatic carbocycles. The molecule has 14 heavy (non-hydrogen) atoms. The Morgan fingerprint density at radius 2 is 2.07 bits per heavy atom. The van der Waals surface area contributed by atoms with Gasteiger partial charge in [0, 0.05) is 0 Å². The van der Waals surface area contributed by atoms with Gasteiger partial charge in [0.15, 0.2) is 0 Å². The van der Waals surface area contributed by atoms with E-state index < -0.39 is 0 Å². The maximum absolute atomic E-state index is 5.26. The molecule has 0 unspecified atom stereocenters. The van der Waals surface area contributed by atoms with E-state index in [1.807, 2.05) is 0 Å². The zero-order valence-electron chi connectivity index (χ0n) is 9.50. The summed E-state index contributed by atoms with van der Waals surface area (Å²) < 4.78 is 0. The van der Waals surface area contributed by atoms with E-state index in [1.165, 1.54) is 32.4 Å². The molecule has 0 amide bonds. The topological polar surface area (TPSA) is 44.5 Å². The number of rotatable bonds is 5. The molecule has 3 N–H and O–H groups in total. The number of hydrazine groups is 1. The first-order chi connectivity index (χ1) is 6.72. The molecule has 0 saturated carbocycles. The molecular weight excluding hydrogens is 176 g/mol. The van der Waals surface area contributed by atoms with Crippen LogP contribution in [0.2, 0.25) is 0 Å². The van der Waals surface area contributed by atoms with Crippen molar-refractivity contribution in [3.8, 4) is 0 Å². The first-order valence-electron chi connectivity index (χ1n) is 5.53. The fourth-order valence-electron chi connectivity index (χ4n) is 1.99. The molecule has 0 atom stereocenters. The van der Waals surface area contributed by atoms with Gasteiger partial charge in [-0.1, -0.05) is 0 Å². The number of piperidine rings is 1. The molecule has 0 spiro atoms. The monoisotopic (exact) mass is 200 g/mol.